The molecule has 1 aromatic carbocycles. The second-order valence-corrected chi connectivity index (χ2v) is 5.93. The van der Waals surface area contributed by atoms with Gasteiger partial charge in [-0.05, 0) is 37.8 Å². The van der Waals surface area contributed by atoms with E-state index in [0.717, 1.165) is 37.1 Å². The van der Waals surface area contributed by atoms with Gasteiger partial charge < -0.3 is 9.67 Å². The van der Waals surface area contributed by atoms with Crippen LogP contribution in [0, 0.1) is 5.92 Å². The minimum atomic E-state index is -0.150. The quantitative estimate of drug-likeness (QED) is 0.868. The Morgan fingerprint density at radius 1 is 1.20 bits per heavy atom. The number of fused-ring (bicyclic) bond motifs is 1. The molecule has 1 saturated carbocycles. The predicted molar refractivity (Wildman–Crippen MR) is 81.7 cm³/mol. The van der Waals surface area contributed by atoms with Gasteiger partial charge in [-0.15, -0.1) is 0 Å². The molecule has 1 aliphatic carbocycles. The molecule has 1 N–H and O–H groups in total. The Morgan fingerprint density at radius 2 is 2.00 bits per heavy atom. The molecule has 0 bridgehead atoms. The third-order valence-corrected chi connectivity index (χ3v) is 4.61. The van der Waals surface area contributed by atoms with E-state index in [2.05, 4.69) is 29.7 Å². The first-order valence-corrected chi connectivity index (χ1v) is 7.91. The van der Waals surface area contributed by atoms with E-state index in [1.807, 2.05) is 6.07 Å². The van der Waals surface area contributed by atoms with Crippen molar-refractivity contribution >= 4 is 11.0 Å². The van der Waals surface area contributed by atoms with E-state index in [0.29, 0.717) is 5.92 Å². The second kappa shape index (κ2) is 5.96. The van der Waals surface area contributed by atoms with Crippen LogP contribution in [0.4, 0.5) is 0 Å². The standard InChI is InChI=1S/C17H24N2O/c1-2-19-15-10-7-6-9-14(15)18-17(19)12-13-8-4-3-5-11-16(13)20/h6-7,9-10,13,16,20H,2-5,8,11-12H2,1H3. The molecule has 0 saturated heterocycles. The number of nitrogens with zero attached hydrogens (tertiary/aromatic N) is 2. The summed E-state index contributed by atoms with van der Waals surface area (Å²) in [5.41, 5.74) is 2.29. The summed E-state index contributed by atoms with van der Waals surface area (Å²) in [6, 6.07) is 8.33. The van der Waals surface area contributed by atoms with E-state index in [-0.39, 0.29) is 6.10 Å². The lowest BCUT2D eigenvalue weighted by molar-refractivity contribution is 0.0991. The number of aromatic nitrogens is 2. The summed E-state index contributed by atoms with van der Waals surface area (Å²) in [6.45, 7) is 3.11. The SMILES string of the molecule is CCn1c(CC2CCCCCC2O)nc2ccccc21. The first-order valence-electron chi connectivity index (χ1n) is 7.91. The molecule has 20 heavy (non-hydrogen) atoms. The minimum Gasteiger partial charge on any atom is -0.393 e. The fourth-order valence-corrected chi connectivity index (χ4v) is 3.47. The van der Waals surface area contributed by atoms with E-state index < -0.39 is 0 Å². The van der Waals surface area contributed by atoms with Gasteiger partial charge in [-0.2, -0.15) is 0 Å². The van der Waals surface area contributed by atoms with Crippen molar-refractivity contribution in [2.75, 3.05) is 0 Å². The fraction of sp³-hybridized carbons (Fsp3) is 0.588. The topological polar surface area (TPSA) is 38.0 Å². The van der Waals surface area contributed by atoms with Crippen molar-refractivity contribution in [1.29, 1.82) is 0 Å². The normalized spacial score (nSPS) is 23.9. The van der Waals surface area contributed by atoms with E-state index in [9.17, 15) is 5.11 Å². The van der Waals surface area contributed by atoms with E-state index in [1.54, 1.807) is 0 Å². The first kappa shape index (κ1) is 13.6. The molecular weight excluding hydrogens is 248 g/mol. The van der Waals surface area contributed by atoms with Crippen LogP contribution in [0.3, 0.4) is 0 Å². The van der Waals surface area contributed by atoms with Crippen LogP contribution in [-0.4, -0.2) is 20.8 Å². The van der Waals surface area contributed by atoms with Gasteiger partial charge in [0.1, 0.15) is 5.82 Å². The highest BCUT2D eigenvalue weighted by Gasteiger charge is 2.24. The van der Waals surface area contributed by atoms with Crippen molar-refractivity contribution in [3.63, 3.8) is 0 Å². The van der Waals surface area contributed by atoms with E-state index in [4.69, 9.17) is 4.98 Å². The number of hydrogen-bond acceptors (Lipinski definition) is 2. The van der Waals surface area contributed by atoms with Crippen LogP contribution < -0.4 is 0 Å². The lowest BCUT2D eigenvalue weighted by atomic mass is 9.93. The molecule has 2 unspecified atom stereocenters. The Balaban J connectivity index is 1.89. The Hall–Kier alpha value is -1.35. The van der Waals surface area contributed by atoms with Gasteiger partial charge in [0.25, 0.3) is 0 Å². The van der Waals surface area contributed by atoms with Gasteiger partial charge in [-0.3, -0.25) is 0 Å². The third kappa shape index (κ3) is 2.59. The maximum atomic E-state index is 10.3. The van der Waals surface area contributed by atoms with Crippen molar-refractivity contribution in [2.24, 2.45) is 5.92 Å². The smallest absolute Gasteiger partial charge is 0.110 e. The number of aryl methyl sites for hydroxylation is 1. The fourth-order valence-electron chi connectivity index (χ4n) is 3.47. The van der Waals surface area contributed by atoms with Gasteiger partial charge >= 0.3 is 0 Å². The summed E-state index contributed by atoms with van der Waals surface area (Å²) in [6.07, 6.45) is 6.52. The zero-order valence-corrected chi connectivity index (χ0v) is 12.3. The zero-order chi connectivity index (χ0) is 13.9. The van der Waals surface area contributed by atoms with Crippen LogP contribution in [0.1, 0.15) is 44.9 Å². The van der Waals surface area contributed by atoms with Crippen LogP contribution in [0.2, 0.25) is 0 Å². The van der Waals surface area contributed by atoms with Crippen LogP contribution in [0.5, 0.6) is 0 Å². The summed E-state index contributed by atoms with van der Waals surface area (Å²) in [4.78, 5) is 4.79. The molecular formula is C17H24N2O. The molecule has 1 heterocycles. The molecule has 2 atom stereocenters. The predicted octanol–water partition coefficient (Wildman–Crippen LogP) is 3.54. The number of aliphatic hydroxyl groups is 1. The largest absolute Gasteiger partial charge is 0.393 e. The van der Waals surface area contributed by atoms with Crippen LogP contribution >= 0.6 is 0 Å². The minimum absolute atomic E-state index is 0.150. The molecule has 1 aliphatic rings. The highest BCUT2D eigenvalue weighted by Crippen LogP contribution is 2.27. The lowest BCUT2D eigenvalue weighted by Gasteiger charge is -2.20. The molecule has 3 nitrogen and oxygen atoms in total. The maximum Gasteiger partial charge on any atom is 0.110 e. The van der Waals surface area contributed by atoms with Gasteiger partial charge in [0.15, 0.2) is 0 Å². The summed E-state index contributed by atoms with van der Waals surface area (Å²) in [5.74, 6) is 1.51. The Morgan fingerprint density at radius 3 is 2.85 bits per heavy atom. The second-order valence-electron chi connectivity index (χ2n) is 5.93. The lowest BCUT2D eigenvalue weighted by Crippen LogP contribution is -2.22. The van der Waals surface area contributed by atoms with Crippen LogP contribution in [-0.2, 0) is 13.0 Å². The van der Waals surface area contributed by atoms with Gasteiger partial charge in [-0.25, -0.2) is 4.98 Å². The van der Waals surface area contributed by atoms with Crippen molar-refractivity contribution in [1.82, 2.24) is 9.55 Å². The number of para-hydroxylation sites is 2. The molecule has 108 valence electrons. The molecule has 3 heteroatoms. The van der Waals surface area contributed by atoms with Crippen LogP contribution in [0.25, 0.3) is 11.0 Å². The molecule has 1 fully saturated rings. The number of benzene rings is 1. The maximum absolute atomic E-state index is 10.3. The van der Waals surface area contributed by atoms with Crippen molar-refractivity contribution in [3.8, 4) is 0 Å². The summed E-state index contributed by atoms with van der Waals surface area (Å²) in [7, 11) is 0. The summed E-state index contributed by atoms with van der Waals surface area (Å²) in [5, 5.41) is 10.3. The molecule has 3 rings (SSSR count). The summed E-state index contributed by atoms with van der Waals surface area (Å²) < 4.78 is 2.30. The average molecular weight is 272 g/mol. The van der Waals surface area contributed by atoms with Crippen LogP contribution in [0.15, 0.2) is 24.3 Å². The molecule has 0 radical (unpaired) electrons. The average Bonchev–Trinajstić information content (AvgIpc) is 2.69. The van der Waals surface area contributed by atoms with Gasteiger partial charge in [-0.1, -0.05) is 31.4 Å². The Bertz CT molecular complexity index is 575. The molecule has 0 spiro atoms. The number of rotatable bonds is 3. The Kier molecular flexibility index (Phi) is 4.06. The van der Waals surface area contributed by atoms with Gasteiger partial charge in [0, 0.05) is 13.0 Å². The van der Waals surface area contributed by atoms with E-state index >= 15 is 0 Å². The number of hydrogen-bond donors (Lipinski definition) is 1. The molecule has 2 aromatic rings. The third-order valence-electron chi connectivity index (χ3n) is 4.61. The zero-order valence-electron chi connectivity index (χ0n) is 12.3. The van der Waals surface area contributed by atoms with Crippen molar-refractivity contribution < 1.29 is 5.11 Å². The van der Waals surface area contributed by atoms with Crippen molar-refractivity contribution in [3.05, 3.63) is 30.1 Å². The number of aliphatic hydroxyl groups excluding tert-OH is 1. The van der Waals surface area contributed by atoms with Gasteiger partial charge in [0.2, 0.25) is 0 Å². The Labute approximate surface area is 120 Å². The molecule has 0 aliphatic heterocycles. The number of imidazole rings is 1. The first-order chi connectivity index (χ1) is 9.79. The van der Waals surface area contributed by atoms with E-state index in [1.165, 1.54) is 24.8 Å². The van der Waals surface area contributed by atoms with Crippen molar-refractivity contribution in [2.45, 2.75) is 58.1 Å². The monoisotopic (exact) mass is 272 g/mol. The van der Waals surface area contributed by atoms with Gasteiger partial charge in [0.05, 0.1) is 17.1 Å². The highest BCUT2D eigenvalue weighted by atomic mass is 16.3. The molecule has 1 aromatic heterocycles. The highest BCUT2D eigenvalue weighted by molar-refractivity contribution is 5.75. The summed E-state index contributed by atoms with van der Waals surface area (Å²) >= 11 is 0. The molecule has 0 amide bonds.